The SMILES string of the molecule is CNCc1ccc(N(CC2CC2)C(C)C)c(C(F)(F)F)c1. The third kappa shape index (κ3) is 4.13. The average Bonchev–Trinajstić information content (AvgIpc) is 3.19. The normalized spacial score (nSPS) is 15.6. The van der Waals surface area contributed by atoms with Gasteiger partial charge in [-0.3, -0.25) is 0 Å². The van der Waals surface area contributed by atoms with Crippen molar-refractivity contribution in [1.82, 2.24) is 5.32 Å². The van der Waals surface area contributed by atoms with E-state index in [2.05, 4.69) is 5.32 Å². The molecule has 0 aromatic heterocycles. The predicted molar refractivity (Wildman–Crippen MR) is 79.4 cm³/mol. The molecule has 1 aromatic carbocycles. The van der Waals surface area contributed by atoms with Gasteiger partial charge in [-0.05, 0) is 57.4 Å². The quantitative estimate of drug-likeness (QED) is 0.852. The highest BCUT2D eigenvalue weighted by Gasteiger charge is 2.36. The molecule has 1 fully saturated rings. The molecule has 0 heterocycles. The number of nitrogens with one attached hydrogen (secondary N) is 1. The van der Waals surface area contributed by atoms with Crippen LogP contribution >= 0.6 is 0 Å². The van der Waals surface area contributed by atoms with Gasteiger partial charge in [-0.25, -0.2) is 0 Å². The van der Waals surface area contributed by atoms with Crippen LogP contribution in [0.3, 0.4) is 0 Å². The van der Waals surface area contributed by atoms with Crippen molar-refractivity contribution >= 4 is 5.69 Å². The molecular formula is C16H23F3N2. The Morgan fingerprint density at radius 3 is 2.43 bits per heavy atom. The summed E-state index contributed by atoms with van der Waals surface area (Å²) in [6.45, 7) is 5.05. The van der Waals surface area contributed by atoms with Crippen LogP contribution in [-0.4, -0.2) is 19.6 Å². The summed E-state index contributed by atoms with van der Waals surface area (Å²) in [6.07, 6.45) is -2.07. The van der Waals surface area contributed by atoms with Crippen LogP contribution in [0.5, 0.6) is 0 Å². The maximum Gasteiger partial charge on any atom is 0.418 e. The molecule has 0 aliphatic heterocycles. The van der Waals surface area contributed by atoms with Crippen molar-refractivity contribution in [3.05, 3.63) is 29.3 Å². The fraction of sp³-hybridized carbons (Fsp3) is 0.625. The molecular weight excluding hydrogens is 277 g/mol. The number of alkyl halides is 3. The Hall–Kier alpha value is -1.23. The lowest BCUT2D eigenvalue weighted by Gasteiger charge is -2.32. The summed E-state index contributed by atoms with van der Waals surface area (Å²) in [5.74, 6) is 0.547. The van der Waals surface area contributed by atoms with Crippen LogP contribution < -0.4 is 10.2 Å². The van der Waals surface area contributed by atoms with Gasteiger partial charge in [0.15, 0.2) is 0 Å². The summed E-state index contributed by atoms with van der Waals surface area (Å²) < 4.78 is 40.2. The van der Waals surface area contributed by atoms with Gasteiger partial charge in [-0.1, -0.05) is 6.07 Å². The minimum Gasteiger partial charge on any atom is -0.368 e. The van der Waals surface area contributed by atoms with Crippen molar-refractivity contribution in [2.45, 2.75) is 45.5 Å². The second-order valence-electron chi connectivity index (χ2n) is 6.07. The summed E-state index contributed by atoms with van der Waals surface area (Å²) in [6, 6.07) is 4.73. The average molecular weight is 300 g/mol. The highest BCUT2D eigenvalue weighted by Crippen LogP contribution is 2.40. The lowest BCUT2D eigenvalue weighted by Crippen LogP contribution is -2.34. The topological polar surface area (TPSA) is 15.3 Å². The van der Waals surface area contributed by atoms with Gasteiger partial charge in [0.2, 0.25) is 0 Å². The molecule has 1 saturated carbocycles. The molecule has 0 spiro atoms. The zero-order valence-corrected chi connectivity index (χ0v) is 12.8. The number of halogens is 3. The first-order valence-electron chi connectivity index (χ1n) is 7.44. The van der Waals surface area contributed by atoms with E-state index in [-0.39, 0.29) is 6.04 Å². The van der Waals surface area contributed by atoms with Crippen molar-refractivity contribution < 1.29 is 13.2 Å². The standard InChI is InChI=1S/C16H23F3N2/c1-11(2)21(10-12-4-5-12)15-7-6-13(9-20-3)8-14(15)16(17,18)19/h6-8,11-12,20H,4-5,9-10H2,1-3H3. The van der Waals surface area contributed by atoms with Crippen LogP contribution in [0, 0.1) is 5.92 Å². The molecule has 118 valence electrons. The highest BCUT2D eigenvalue weighted by molar-refractivity contribution is 5.57. The number of rotatable bonds is 6. The number of anilines is 1. The van der Waals surface area contributed by atoms with Gasteiger partial charge in [0.1, 0.15) is 0 Å². The maximum absolute atomic E-state index is 13.4. The third-order valence-electron chi connectivity index (χ3n) is 3.83. The van der Waals surface area contributed by atoms with Gasteiger partial charge in [-0.15, -0.1) is 0 Å². The van der Waals surface area contributed by atoms with Gasteiger partial charge in [0.25, 0.3) is 0 Å². The van der Waals surface area contributed by atoms with Crippen LogP contribution in [0.25, 0.3) is 0 Å². The van der Waals surface area contributed by atoms with Gasteiger partial charge in [0.05, 0.1) is 5.56 Å². The molecule has 2 nitrogen and oxygen atoms in total. The first-order chi connectivity index (χ1) is 9.82. The van der Waals surface area contributed by atoms with Gasteiger partial charge in [-0.2, -0.15) is 13.2 Å². The van der Waals surface area contributed by atoms with Gasteiger partial charge in [0, 0.05) is 24.8 Å². The summed E-state index contributed by atoms with van der Waals surface area (Å²) in [5.41, 5.74) is 0.442. The molecule has 0 unspecified atom stereocenters. The smallest absolute Gasteiger partial charge is 0.368 e. The van der Waals surface area contributed by atoms with Crippen molar-refractivity contribution in [3.63, 3.8) is 0 Å². The van der Waals surface area contributed by atoms with Crippen molar-refractivity contribution in [1.29, 1.82) is 0 Å². The van der Waals surface area contributed by atoms with E-state index >= 15 is 0 Å². The van der Waals surface area contributed by atoms with Crippen molar-refractivity contribution in [3.8, 4) is 0 Å². The Morgan fingerprint density at radius 2 is 1.95 bits per heavy atom. The van der Waals surface area contributed by atoms with Crippen LogP contribution in [0.15, 0.2) is 18.2 Å². The Kier molecular flexibility index (Phi) is 4.81. The molecule has 0 bridgehead atoms. The maximum atomic E-state index is 13.4. The number of hydrogen-bond acceptors (Lipinski definition) is 2. The molecule has 21 heavy (non-hydrogen) atoms. The van der Waals surface area contributed by atoms with Crippen molar-refractivity contribution in [2.75, 3.05) is 18.5 Å². The molecule has 0 amide bonds. The monoisotopic (exact) mass is 300 g/mol. The Bertz CT molecular complexity index is 479. The summed E-state index contributed by atoms with van der Waals surface area (Å²) >= 11 is 0. The fourth-order valence-electron chi connectivity index (χ4n) is 2.54. The first-order valence-corrected chi connectivity index (χ1v) is 7.44. The predicted octanol–water partition coefficient (Wildman–Crippen LogP) is 4.05. The summed E-state index contributed by atoms with van der Waals surface area (Å²) in [7, 11) is 1.73. The third-order valence-corrected chi connectivity index (χ3v) is 3.83. The van der Waals surface area contributed by atoms with E-state index in [1.807, 2.05) is 18.7 Å². The van der Waals surface area contributed by atoms with E-state index in [1.165, 1.54) is 6.07 Å². The molecule has 2 rings (SSSR count). The number of benzene rings is 1. The Labute approximate surface area is 124 Å². The molecule has 1 aromatic rings. The lowest BCUT2D eigenvalue weighted by atomic mass is 10.1. The summed E-state index contributed by atoms with van der Waals surface area (Å²) in [5, 5.41) is 2.90. The molecule has 1 N–H and O–H groups in total. The van der Waals surface area contributed by atoms with E-state index in [0.717, 1.165) is 12.8 Å². The van der Waals surface area contributed by atoms with Crippen LogP contribution in [0.4, 0.5) is 18.9 Å². The second-order valence-corrected chi connectivity index (χ2v) is 6.07. The lowest BCUT2D eigenvalue weighted by molar-refractivity contribution is -0.137. The molecule has 0 saturated heterocycles. The van der Waals surface area contributed by atoms with E-state index in [4.69, 9.17) is 0 Å². The van der Waals surface area contributed by atoms with Crippen LogP contribution in [-0.2, 0) is 12.7 Å². The zero-order valence-electron chi connectivity index (χ0n) is 12.8. The van der Waals surface area contributed by atoms with E-state index in [9.17, 15) is 13.2 Å². The minimum atomic E-state index is -4.32. The van der Waals surface area contributed by atoms with Crippen molar-refractivity contribution in [2.24, 2.45) is 5.92 Å². The second kappa shape index (κ2) is 6.26. The zero-order chi connectivity index (χ0) is 15.6. The van der Waals surface area contributed by atoms with Crippen LogP contribution in [0.1, 0.15) is 37.8 Å². The van der Waals surface area contributed by atoms with E-state index < -0.39 is 11.7 Å². The van der Waals surface area contributed by atoms with Crippen LogP contribution in [0.2, 0.25) is 0 Å². The molecule has 1 aliphatic carbocycles. The Balaban J connectivity index is 2.39. The van der Waals surface area contributed by atoms with Gasteiger partial charge >= 0.3 is 6.18 Å². The number of nitrogens with zero attached hydrogens (tertiary/aromatic N) is 1. The minimum absolute atomic E-state index is 0.0573. The molecule has 1 aliphatic rings. The largest absolute Gasteiger partial charge is 0.418 e. The molecule has 5 heteroatoms. The Morgan fingerprint density at radius 1 is 1.29 bits per heavy atom. The number of hydrogen-bond donors (Lipinski definition) is 1. The van der Waals surface area contributed by atoms with Gasteiger partial charge < -0.3 is 10.2 Å². The molecule has 0 radical (unpaired) electrons. The highest BCUT2D eigenvalue weighted by atomic mass is 19.4. The summed E-state index contributed by atoms with van der Waals surface area (Å²) in [4.78, 5) is 1.89. The van der Waals surface area contributed by atoms with E-state index in [1.54, 1.807) is 19.2 Å². The molecule has 0 atom stereocenters. The van der Waals surface area contributed by atoms with E-state index in [0.29, 0.717) is 30.3 Å². The fourth-order valence-corrected chi connectivity index (χ4v) is 2.54. The first kappa shape index (κ1) is 16.1.